The van der Waals surface area contributed by atoms with Crippen molar-refractivity contribution in [3.63, 3.8) is 0 Å². The highest BCUT2D eigenvalue weighted by atomic mass is 16.7. The molecule has 0 unspecified atom stereocenters. The van der Waals surface area contributed by atoms with Crippen LogP contribution in [0.2, 0.25) is 0 Å². The molecule has 2 fully saturated rings. The lowest BCUT2D eigenvalue weighted by Crippen LogP contribution is -2.66. The Labute approximate surface area is 131 Å². The van der Waals surface area contributed by atoms with Crippen LogP contribution in [-0.2, 0) is 14.2 Å². The monoisotopic (exact) mass is 341 g/mol. The highest BCUT2D eigenvalue weighted by Gasteiger charge is 2.49. The Hall–Kier alpha value is -0.440. The fourth-order valence-corrected chi connectivity index (χ4v) is 2.60. The second-order valence-corrected chi connectivity index (χ2v) is 5.61. The summed E-state index contributed by atoms with van der Waals surface area (Å²) in [4.78, 5) is 0. The molecule has 0 radical (unpaired) electrons. The molecule has 2 heterocycles. The van der Waals surface area contributed by atoms with Crippen LogP contribution in [0.5, 0.6) is 0 Å². The van der Waals surface area contributed by atoms with E-state index in [2.05, 4.69) is 0 Å². The SMILES string of the molecule is N[C@@H]1[C@@H](O)[C@H](O[C@@H]2O[C@H](CO)[C@H](O)[C@H](O)[C@H]2O)[C@@H](CO)O[C@H]1O. The molecule has 2 rings (SSSR count). The first-order chi connectivity index (χ1) is 10.8. The molecular weight excluding hydrogens is 318 g/mol. The molecule has 0 aromatic rings. The molecule has 23 heavy (non-hydrogen) atoms. The Morgan fingerprint density at radius 2 is 1.39 bits per heavy atom. The molecule has 2 aliphatic rings. The van der Waals surface area contributed by atoms with Crippen LogP contribution in [0.4, 0.5) is 0 Å². The Balaban J connectivity index is 2.11. The maximum Gasteiger partial charge on any atom is 0.187 e. The summed E-state index contributed by atoms with van der Waals surface area (Å²) in [5.74, 6) is 0. The molecule has 11 nitrogen and oxygen atoms in total. The Bertz CT molecular complexity index is 383. The third-order valence-corrected chi connectivity index (χ3v) is 4.06. The number of nitrogens with two attached hydrogens (primary N) is 1. The molecule has 0 saturated carbocycles. The fourth-order valence-electron chi connectivity index (χ4n) is 2.60. The average Bonchev–Trinajstić information content (AvgIpc) is 2.55. The maximum absolute atomic E-state index is 10.1. The lowest BCUT2D eigenvalue weighted by atomic mass is 9.96. The molecule has 0 aromatic heterocycles. The molecule has 0 aromatic carbocycles. The Kier molecular flexibility index (Phi) is 6.27. The van der Waals surface area contributed by atoms with Crippen molar-refractivity contribution in [3.05, 3.63) is 0 Å². The quantitative estimate of drug-likeness (QED) is 0.243. The van der Waals surface area contributed by atoms with E-state index >= 15 is 0 Å². The summed E-state index contributed by atoms with van der Waals surface area (Å²) < 4.78 is 15.5. The lowest BCUT2D eigenvalue weighted by molar-refractivity contribution is -0.344. The van der Waals surface area contributed by atoms with Crippen molar-refractivity contribution in [2.24, 2.45) is 5.73 Å². The van der Waals surface area contributed by atoms with Gasteiger partial charge in [0, 0.05) is 0 Å². The second kappa shape index (κ2) is 7.63. The number of aliphatic hydroxyl groups excluding tert-OH is 7. The number of aliphatic hydroxyl groups is 7. The van der Waals surface area contributed by atoms with Crippen molar-refractivity contribution < 1.29 is 50.0 Å². The van der Waals surface area contributed by atoms with Crippen LogP contribution in [0.15, 0.2) is 0 Å². The van der Waals surface area contributed by atoms with Crippen molar-refractivity contribution in [2.75, 3.05) is 13.2 Å². The second-order valence-electron chi connectivity index (χ2n) is 5.61. The smallest absolute Gasteiger partial charge is 0.187 e. The molecule has 9 N–H and O–H groups in total. The van der Waals surface area contributed by atoms with Crippen LogP contribution < -0.4 is 5.73 Å². The summed E-state index contributed by atoms with van der Waals surface area (Å²) in [5.41, 5.74) is 5.55. The van der Waals surface area contributed by atoms with Crippen LogP contribution >= 0.6 is 0 Å². The summed E-state index contributed by atoms with van der Waals surface area (Å²) in [5, 5.41) is 67.3. The van der Waals surface area contributed by atoms with E-state index in [0.29, 0.717) is 0 Å². The largest absolute Gasteiger partial charge is 0.394 e. The number of rotatable bonds is 4. The van der Waals surface area contributed by atoms with E-state index < -0.39 is 74.6 Å². The van der Waals surface area contributed by atoms with Gasteiger partial charge in [-0.15, -0.1) is 0 Å². The molecule has 0 aliphatic carbocycles. The van der Waals surface area contributed by atoms with Gasteiger partial charge in [-0.05, 0) is 0 Å². The summed E-state index contributed by atoms with van der Waals surface area (Å²) in [6.45, 7) is -1.26. The van der Waals surface area contributed by atoms with Crippen LogP contribution in [0.3, 0.4) is 0 Å². The topological polar surface area (TPSA) is 195 Å². The van der Waals surface area contributed by atoms with Crippen LogP contribution in [0.25, 0.3) is 0 Å². The van der Waals surface area contributed by atoms with Crippen molar-refractivity contribution in [1.29, 1.82) is 0 Å². The Morgan fingerprint density at radius 1 is 0.783 bits per heavy atom. The van der Waals surface area contributed by atoms with Gasteiger partial charge in [0.1, 0.15) is 42.7 Å². The van der Waals surface area contributed by atoms with Gasteiger partial charge in [-0.3, -0.25) is 0 Å². The molecular formula is C12H23NO10. The third-order valence-electron chi connectivity index (χ3n) is 4.06. The van der Waals surface area contributed by atoms with Crippen molar-refractivity contribution >= 4 is 0 Å². The Morgan fingerprint density at radius 3 is 1.96 bits per heavy atom. The van der Waals surface area contributed by atoms with Gasteiger partial charge in [-0.2, -0.15) is 0 Å². The first kappa shape index (κ1) is 18.9. The van der Waals surface area contributed by atoms with Crippen LogP contribution in [-0.4, -0.2) is 110 Å². The molecule has 2 saturated heterocycles. The lowest BCUT2D eigenvalue weighted by Gasteiger charge is -2.45. The van der Waals surface area contributed by atoms with Crippen molar-refractivity contribution in [1.82, 2.24) is 0 Å². The third kappa shape index (κ3) is 3.65. The van der Waals surface area contributed by atoms with Crippen molar-refractivity contribution in [2.45, 2.75) is 61.3 Å². The van der Waals surface area contributed by atoms with E-state index in [4.69, 9.17) is 25.1 Å². The number of ether oxygens (including phenoxy) is 3. The fraction of sp³-hybridized carbons (Fsp3) is 1.00. The average molecular weight is 341 g/mol. The summed E-state index contributed by atoms with van der Waals surface area (Å²) in [6, 6.07) is -1.23. The van der Waals surface area contributed by atoms with Gasteiger partial charge in [0.15, 0.2) is 12.6 Å². The molecule has 0 spiro atoms. The van der Waals surface area contributed by atoms with Crippen molar-refractivity contribution in [3.8, 4) is 0 Å². The maximum atomic E-state index is 10.1. The first-order valence-corrected chi connectivity index (χ1v) is 7.15. The molecule has 11 heteroatoms. The minimum atomic E-state index is -1.68. The van der Waals surface area contributed by atoms with Gasteiger partial charge in [-0.1, -0.05) is 0 Å². The van der Waals surface area contributed by atoms with E-state index in [1.165, 1.54) is 0 Å². The molecule has 0 bridgehead atoms. The standard InChI is InChI=1S/C12H23NO10/c13-5-7(17)10(4(2-15)21-11(5)20)23-12-9(19)8(18)6(16)3(1-14)22-12/h3-12,14-20H,1-2,13H2/t3-,4-,5-,6+,7-,8+,9-,10-,11-,12+/m1/s1. The van der Waals surface area contributed by atoms with E-state index in [9.17, 15) is 30.6 Å². The predicted octanol–water partition coefficient (Wildman–Crippen LogP) is -5.43. The van der Waals surface area contributed by atoms with Gasteiger partial charge < -0.3 is 55.7 Å². The minimum absolute atomic E-state index is 0.622. The van der Waals surface area contributed by atoms with Gasteiger partial charge in [-0.25, -0.2) is 0 Å². The minimum Gasteiger partial charge on any atom is -0.394 e. The van der Waals surface area contributed by atoms with Crippen LogP contribution in [0, 0.1) is 0 Å². The number of hydrogen-bond donors (Lipinski definition) is 8. The summed E-state index contributed by atoms with van der Waals surface area (Å²) >= 11 is 0. The number of hydrogen-bond acceptors (Lipinski definition) is 11. The van der Waals surface area contributed by atoms with Gasteiger partial charge in [0.25, 0.3) is 0 Å². The molecule has 2 aliphatic heterocycles. The zero-order valence-corrected chi connectivity index (χ0v) is 12.1. The van der Waals surface area contributed by atoms with Gasteiger partial charge >= 0.3 is 0 Å². The molecule has 0 amide bonds. The van der Waals surface area contributed by atoms with Gasteiger partial charge in [0.05, 0.1) is 19.3 Å². The zero-order chi connectivity index (χ0) is 17.3. The summed E-state index contributed by atoms with van der Waals surface area (Å²) in [6.07, 6.45) is -13.0. The zero-order valence-electron chi connectivity index (χ0n) is 12.1. The van der Waals surface area contributed by atoms with E-state index in [-0.39, 0.29) is 0 Å². The van der Waals surface area contributed by atoms with Gasteiger partial charge in [0.2, 0.25) is 0 Å². The predicted molar refractivity (Wildman–Crippen MR) is 70.6 cm³/mol. The van der Waals surface area contributed by atoms with E-state index in [1.54, 1.807) is 0 Å². The molecule has 10 atom stereocenters. The first-order valence-electron chi connectivity index (χ1n) is 7.15. The highest BCUT2D eigenvalue weighted by molar-refractivity contribution is 4.94. The highest BCUT2D eigenvalue weighted by Crippen LogP contribution is 2.27. The normalized spacial score (nSPS) is 51.7. The van der Waals surface area contributed by atoms with Crippen LogP contribution in [0.1, 0.15) is 0 Å². The van der Waals surface area contributed by atoms with E-state index in [1.807, 2.05) is 0 Å². The van der Waals surface area contributed by atoms with E-state index in [0.717, 1.165) is 0 Å². The summed E-state index contributed by atoms with van der Waals surface area (Å²) in [7, 11) is 0. The molecule has 136 valence electrons.